The maximum absolute atomic E-state index is 12.8. The number of esters is 1. The van der Waals surface area contributed by atoms with Crippen LogP contribution in [0, 0.1) is 12.8 Å². The van der Waals surface area contributed by atoms with Crippen molar-refractivity contribution in [2.75, 3.05) is 31.6 Å². The molecule has 1 aliphatic carbocycles. The highest BCUT2D eigenvalue weighted by Gasteiger charge is 2.28. The lowest BCUT2D eigenvalue weighted by Crippen LogP contribution is -2.42. The minimum absolute atomic E-state index is 0.0791. The lowest BCUT2D eigenvalue weighted by molar-refractivity contribution is 0.0526. The van der Waals surface area contributed by atoms with Crippen LogP contribution in [0.3, 0.4) is 0 Å². The van der Waals surface area contributed by atoms with Gasteiger partial charge in [0.05, 0.1) is 12.2 Å². The van der Waals surface area contributed by atoms with Crippen molar-refractivity contribution in [3.05, 3.63) is 51.4 Å². The van der Waals surface area contributed by atoms with E-state index in [1.165, 1.54) is 16.2 Å². The number of ether oxygens (including phenoxy) is 1. The van der Waals surface area contributed by atoms with Crippen LogP contribution in [0.15, 0.2) is 24.3 Å². The lowest BCUT2D eigenvalue weighted by atomic mass is 9.95. The monoisotopic (exact) mass is 483 g/mol. The number of carbonyl (C=O) groups excluding carboxylic acids is 3. The van der Waals surface area contributed by atoms with Crippen LogP contribution < -0.4 is 10.6 Å². The fourth-order valence-electron chi connectivity index (χ4n) is 4.78. The molecule has 8 heteroatoms. The van der Waals surface area contributed by atoms with Gasteiger partial charge in [-0.1, -0.05) is 18.2 Å². The number of fused-ring (bicyclic) bond motifs is 1. The second-order valence-corrected chi connectivity index (χ2v) is 10.1. The number of carbonyl (C=O) groups is 3. The van der Waals surface area contributed by atoms with Crippen molar-refractivity contribution in [3.63, 3.8) is 0 Å². The van der Waals surface area contributed by atoms with Gasteiger partial charge in [-0.25, -0.2) is 9.59 Å². The molecule has 34 heavy (non-hydrogen) atoms. The maximum atomic E-state index is 12.8. The molecule has 0 unspecified atom stereocenters. The van der Waals surface area contributed by atoms with Gasteiger partial charge in [0.2, 0.25) is 0 Å². The predicted molar refractivity (Wildman–Crippen MR) is 134 cm³/mol. The molecule has 0 atom stereocenters. The number of amides is 3. The first-order valence-electron chi connectivity index (χ1n) is 12.2. The summed E-state index contributed by atoms with van der Waals surface area (Å²) in [5.41, 5.74) is 3.32. The third-order valence-corrected chi connectivity index (χ3v) is 7.91. The van der Waals surface area contributed by atoms with Crippen molar-refractivity contribution < 1.29 is 19.1 Å². The molecular weight excluding hydrogens is 450 g/mol. The quantitative estimate of drug-likeness (QED) is 0.579. The first-order chi connectivity index (χ1) is 16.5. The Bertz CT molecular complexity index is 1060. The third-order valence-electron chi connectivity index (χ3n) is 6.71. The number of rotatable bonds is 6. The molecule has 1 fully saturated rings. The number of thiophene rings is 1. The number of likely N-dealkylation sites (tertiary alicyclic amines) is 1. The Morgan fingerprint density at radius 1 is 1.12 bits per heavy atom. The van der Waals surface area contributed by atoms with Gasteiger partial charge in [-0.2, -0.15) is 0 Å². The fraction of sp³-hybridized carbons (Fsp3) is 0.500. The van der Waals surface area contributed by atoms with E-state index >= 15 is 0 Å². The zero-order valence-electron chi connectivity index (χ0n) is 19.9. The molecule has 2 aliphatic rings. The molecule has 2 N–H and O–H groups in total. The number of nitrogens with one attached hydrogen (secondary N) is 2. The molecule has 7 nitrogen and oxygen atoms in total. The molecule has 2 heterocycles. The number of hydrogen-bond acceptors (Lipinski definition) is 5. The van der Waals surface area contributed by atoms with Gasteiger partial charge in [0.1, 0.15) is 5.00 Å². The van der Waals surface area contributed by atoms with Gasteiger partial charge >= 0.3 is 12.0 Å². The Balaban J connectivity index is 1.30. The highest BCUT2D eigenvalue weighted by Crippen LogP contribution is 2.38. The summed E-state index contributed by atoms with van der Waals surface area (Å²) >= 11 is 1.49. The number of aryl methyl sites for hydroxylation is 2. The lowest BCUT2D eigenvalue weighted by Gasteiger charge is -2.32. The Morgan fingerprint density at radius 2 is 1.85 bits per heavy atom. The van der Waals surface area contributed by atoms with Crippen molar-refractivity contribution in [1.82, 2.24) is 10.2 Å². The number of benzene rings is 1. The molecule has 0 bridgehead atoms. The summed E-state index contributed by atoms with van der Waals surface area (Å²) in [6.07, 6.45) is 5.64. The number of urea groups is 1. The molecule has 1 aromatic carbocycles. The summed E-state index contributed by atoms with van der Waals surface area (Å²) < 4.78 is 5.26. The summed E-state index contributed by atoms with van der Waals surface area (Å²) in [6.45, 7) is 5.96. The van der Waals surface area contributed by atoms with E-state index in [2.05, 4.69) is 10.6 Å². The van der Waals surface area contributed by atoms with Gasteiger partial charge < -0.3 is 15.0 Å². The molecule has 4 rings (SSSR count). The fourth-order valence-corrected chi connectivity index (χ4v) is 6.05. The van der Waals surface area contributed by atoms with Crippen LogP contribution in [0.25, 0.3) is 0 Å². The van der Waals surface area contributed by atoms with Crippen molar-refractivity contribution in [3.8, 4) is 0 Å². The summed E-state index contributed by atoms with van der Waals surface area (Å²) in [7, 11) is 0. The average Bonchev–Trinajstić information content (AvgIpc) is 3.21. The Morgan fingerprint density at radius 3 is 2.59 bits per heavy atom. The number of anilines is 1. The molecular formula is C26H33N3O4S. The van der Waals surface area contributed by atoms with Crippen LogP contribution in [-0.2, 0) is 17.6 Å². The van der Waals surface area contributed by atoms with E-state index in [9.17, 15) is 14.4 Å². The standard InChI is InChI=1S/C26H33N3O4S/c1-3-33-25(31)22-20-10-6-7-11-21(20)34-23(22)28-26(32)27-16-18-12-14-29(15-13-18)24(30)19-9-5-4-8-17(19)2/h4-5,8-9,18H,3,6-7,10-16H2,1-2H3,(H2,27,28,32). The van der Waals surface area contributed by atoms with E-state index in [-0.39, 0.29) is 17.9 Å². The molecule has 1 aromatic heterocycles. The van der Waals surface area contributed by atoms with E-state index < -0.39 is 0 Å². The van der Waals surface area contributed by atoms with Crippen LogP contribution >= 0.6 is 11.3 Å². The smallest absolute Gasteiger partial charge is 0.341 e. The molecule has 2 aromatic rings. The average molecular weight is 484 g/mol. The number of hydrogen-bond donors (Lipinski definition) is 2. The second-order valence-electron chi connectivity index (χ2n) is 9.02. The SMILES string of the molecule is CCOC(=O)c1c(NC(=O)NCC2CCN(C(=O)c3ccccc3C)CC2)sc2c1CCCC2. The van der Waals surface area contributed by atoms with Crippen LogP contribution in [-0.4, -0.2) is 49.0 Å². The maximum Gasteiger partial charge on any atom is 0.341 e. The van der Waals surface area contributed by atoms with Crippen molar-refractivity contribution in [2.45, 2.75) is 52.4 Å². The summed E-state index contributed by atoms with van der Waals surface area (Å²) in [6, 6.07) is 7.37. The van der Waals surface area contributed by atoms with Crippen LogP contribution in [0.1, 0.15) is 69.3 Å². The summed E-state index contributed by atoms with van der Waals surface area (Å²) in [4.78, 5) is 41.1. The van der Waals surface area contributed by atoms with E-state index in [0.29, 0.717) is 42.7 Å². The minimum atomic E-state index is -0.358. The van der Waals surface area contributed by atoms with Crippen molar-refractivity contribution in [2.24, 2.45) is 5.92 Å². The van der Waals surface area contributed by atoms with Crippen LogP contribution in [0.2, 0.25) is 0 Å². The molecule has 0 spiro atoms. The van der Waals surface area contributed by atoms with E-state index in [0.717, 1.165) is 55.2 Å². The molecule has 182 valence electrons. The Labute approximate surface area is 204 Å². The van der Waals surface area contributed by atoms with Crippen LogP contribution in [0.4, 0.5) is 9.80 Å². The molecule has 0 radical (unpaired) electrons. The predicted octanol–water partition coefficient (Wildman–Crippen LogP) is 4.79. The topological polar surface area (TPSA) is 87.7 Å². The number of nitrogens with zero attached hydrogens (tertiary/aromatic N) is 1. The van der Waals surface area contributed by atoms with E-state index in [4.69, 9.17) is 4.74 Å². The Kier molecular flexibility index (Phi) is 7.88. The van der Waals surface area contributed by atoms with Crippen LogP contribution in [0.5, 0.6) is 0 Å². The third kappa shape index (κ3) is 5.43. The normalized spacial score (nSPS) is 16.0. The highest BCUT2D eigenvalue weighted by atomic mass is 32.1. The summed E-state index contributed by atoms with van der Waals surface area (Å²) in [5, 5.41) is 6.45. The molecule has 1 aliphatic heterocycles. The zero-order chi connectivity index (χ0) is 24.1. The first-order valence-corrected chi connectivity index (χ1v) is 13.0. The van der Waals surface area contributed by atoms with Crippen molar-refractivity contribution >= 4 is 34.2 Å². The molecule has 3 amide bonds. The molecule has 0 saturated carbocycles. The van der Waals surface area contributed by atoms with E-state index in [1.54, 1.807) is 6.92 Å². The van der Waals surface area contributed by atoms with Gasteiger partial charge in [-0.15, -0.1) is 11.3 Å². The number of piperidine rings is 1. The van der Waals surface area contributed by atoms with Gasteiger partial charge in [0.25, 0.3) is 5.91 Å². The minimum Gasteiger partial charge on any atom is -0.462 e. The van der Waals surface area contributed by atoms with Gasteiger partial charge in [-0.05, 0) is 75.5 Å². The Hall–Kier alpha value is -2.87. The van der Waals surface area contributed by atoms with Gasteiger partial charge in [0.15, 0.2) is 0 Å². The van der Waals surface area contributed by atoms with Gasteiger partial charge in [-0.3, -0.25) is 10.1 Å². The molecule has 1 saturated heterocycles. The van der Waals surface area contributed by atoms with Gasteiger partial charge in [0, 0.05) is 30.1 Å². The zero-order valence-corrected chi connectivity index (χ0v) is 20.8. The largest absolute Gasteiger partial charge is 0.462 e. The second kappa shape index (κ2) is 11.0. The highest BCUT2D eigenvalue weighted by molar-refractivity contribution is 7.17. The van der Waals surface area contributed by atoms with Crippen molar-refractivity contribution in [1.29, 1.82) is 0 Å². The summed E-state index contributed by atoms with van der Waals surface area (Å²) in [5.74, 6) is 0.0334. The first kappa shape index (κ1) is 24.3. The van der Waals surface area contributed by atoms with E-state index in [1.807, 2.05) is 36.1 Å².